The SMILES string of the molecule is C=CC(=O)OCCCC(=O)C1CCCCC1C(=O)O. The van der Waals surface area contributed by atoms with Crippen molar-refractivity contribution in [3.63, 3.8) is 0 Å². The number of hydrogen-bond donors (Lipinski definition) is 1. The molecule has 0 radical (unpaired) electrons. The van der Waals surface area contributed by atoms with Crippen molar-refractivity contribution in [2.75, 3.05) is 6.61 Å². The van der Waals surface area contributed by atoms with Gasteiger partial charge in [-0.3, -0.25) is 9.59 Å². The zero-order chi connectivity index (χ0) is 14.3. The van der Waals surface area contributed by atoms with Crippen molar-refractivity contribution in [1.29, 1.82) is 0 Å². The quantitative estimate of drug-likeness (QED) is 0.433. The van der Waals surface area contributed by atoms with Gasteiger partial charge in [0.05, 0.1) is 12.5 Å². The molecule has 0 aromatic carbocycles. The Morgan fingerprint density at radius 2 is 1.84 bits per heavy atom. The summed E-state index contributed by atoms with van der Waals surface area (Å²) in [7, 11) is 0. The number of carbonyl (C=O) groups excluding carboxylic acids is 2. The summed E-state index contributed by atoms with van der Waals surface area (Å²) in [6.07, 6.45) is 4.78. The van der Waals surface area contributed by atoms with Gasteiger partial charge in [0.1, 0.15) is 5.78 Å². The van der Waals surface area contributed by atoms with E-state index in [0.717, 1.165) is 18.9 Å². The Labute approximate surface area is 112 Å². The van der Waals surface area contributed by atoms with Crippen molar-refractivity contribution in [2.45, 2.75) is 38.5 Å². The van der Waals surface area contributed by atoms with Crippen LogP contribution >= 0.6 is 0 Å². The van der Waals surface area contributed by atoms with Gasteiger partial charge in [-0.05, 0) is 19.3 Å². The van der Waals surface area contributed by atoms with Crippen LogP contribution in [-0.4, -0.2) is 29.4 Å². The van der Waals surface area contributed by atoms with Crippen molar-refractivity contribution < 1.29 is 24.2 Å². The van der Waals surface area contributed by atoms with Crippen LogP contribution in [0.15, 0.2) is 12.7 Å². The Bertz CT molecular complexity index is 361. The molecule has 1 fully saturated rings. The zero-order valence-corrected chi connectivity index (χ0v) is 11.0. The lowest BCUT2D eigenvalue weighted by Crippen LogP contribution is -2.32. The molecule has 2 unspecified atom stereocenters. The fourth-order valence-corrected chi connectivity index (χ4v) is 2.48. The van der Waals surface area contributed by atoms with Gasteiger partial charge >= 0.3 is 11.9 Å². The van der Waals surface area contributed by atoms with E-state index in [4.69, 9.17) is 9.84 Å². The molecule has 0 aliphatic heterocycles. The van der Waals surface area contributed by atoms with Crippen molar-refractivity contribution >= 4 is 17.7 Å². The molecule has 5 heteroatoms. The predicted octanol–water partition coefficient (Wildman–Crippen LogP) is 1.96. The van der Waals surface area contributed by atoms with Gasteiger partial charge in [-0.1, -0.05) is 19.4 Å². The number of Topliss-reactive ketones (excluding diaryl/α,β-unsaturated/α-hetero) is 1. The first-order chi connectivity index (χ1) is 9.06. The first kappa shape index (κ1) is 15.4. The number of rotatable bonds is 7. The largest absolute Gasteiger partial charge is 0.481 e. The monoisotopic (exact) mass is 268 g/mol. The number of aliphatic carboxylic acids is 1. The summed E-state index contributed by atoms with van der Waals surface area (Å²) in [5.41, 5.74) is 0. The van der Waals surface area contributed by atoms with Gasteiger partial charge < -0.3 is 9.84 Å². The predicted molar refractivity (Wildman–Crippen MR) is 68.5 cm³/mol. The van der Waals surface area contributed by atoms with Crippen LogP contribution in [0.4, 0.5) is 0 Å². The smallest absolute Gasteiger partial charge is 0.330 e. The highest BCUT2D eigenvalue weighted by Gasteiger charge is 2.34. The van der Waals surface area contributed by atoms with E-state index in [1.54, 1.807) is 0 Å². The van der Waals surface area contributed by atoms with E-state index in [-0.39, 0.29) is 24.7 Å². The summed E-state index contributed by atoms with van der Waals surface area (Å²) >= 11 is 0. The zero-order valence-electron chi connectivity index (χ0n) is 11.0. The third-order valence-corrected chi connectivity index (χ3v) is 3.48. The van der Waals surface area contributed by atoms with Gasteiger partial charge in [-0.25, -0.2) is 4.79 Å². The number of ether oxygens (including phenoxy) is 1. The van der Waals surface area contributed by atoms with Gasteiger partial charge in [-0.2, -0.15) is 0 Å². The summed E-state index contributed by atoms with van der Waals surface area (Å²) in [4.78, 5) is 33.9. The van der Waals surface area contributed by atoms with Gasteiger partial charge in [0, 0.05) is 18.4 Å². The highest BCUT2D eigenvalue weighted by atomic mass is 16.5. The van der Waals surface area contributed by atoms with E-state index < -0.39 is 17.9 Å². The second-order valence-electron chi connectivity index (χ2n) is 4.78. The van der Waals surface area contributed by atoms with Gasteiger partial charge in [-0.15, -0.1) is 0 Å². The average Bonchev–Trinajstić information content (AvgIpc) is 2.42. The minimum atomic E-state index is -0.879. The van der Waals surface area contributed by atoms with Crippen molar-refractivity contribution in [2.24, 2.45) is 11.8 Å². The Morgan fingerprint density at radius 3 is 2.42 bits per heavy atom. The molecule has 106 valence electrons. The van der Waals surface area contributed by atoms with Gasteiger partial charge in [0.25, 0.3) is 0 Å². The highest BCUT2D eigenvalue weighted by Crippen LogP contribution is 2.31. The highest BCUT2D eigenvalue weighted by molar-refractivity contribution is 5.86. The van der Waals surface area contributed by atoms with Crippen LogP contribution in [0.1, 0.15) is 38.5 Å². The Hall–Kier alpha value is -1.65. The van der Waals surface area contributed by atoms with E-state index in [1.807, 2.05) is 0 Å². The molecule has 19 heavy (non-hydrogen) atoms. The summed E-state index contributed by atoms with van der Waals surface area (Å²) in [6, 6.07) is 0. The number of ketones is 1. The fourth-order valence-electron chi connectivity index (χ4n) is 2.48. The maximum atomic E-state index is 12.0. The van der Waals surface area contributed by atoms with Crippen molar-refractivity contribution in [3.8, 4) is 0 Å². The summed E-state index contributed by atoms with van der Waals surface area (Å²) in [6.45, 7) is 3.44. The first-order valence-corrected chi connectivity index (χ1v) is 6.61. The minimum absolute atomic E-state index is 0.0262. The lowest BCUT2D eigenvalue weighted by molar-refractivity contribution is -0.148. The first-order valence-electron chi connectivity index (χ1n) is 6.61. The molecule has 1 N–H and O–H groups in total. The third kappa shape index (κ3) is 4.85. The molecule has 1 aliphatic rings. The second kappa shape index (κ2) is 7.71. The van der Waals surface area contributed by atoms with E-state index >= 15 is 0 Å². The summed E-state index contributed by atoms with van der Waals surface area (Å²) < 4.78 is 4.78. The molecule has 0 saturated heterocycles. The summed E-state index contributed by atoms with van der Waals surface area (Å²) in [5.74, 6) is -2.33. The molecule has 0 heterocycles. The van der Waals surface area contributed by atoms with E-state index in [0.29, 0.717) is 19.3 Å². The van der Waals surface area contributed by atoms with Crippen LogP contribution in [0.3, 0.4) is 0 Å². The van der Waals surface area contributed by atoms with Crippen molar-refractivity contribution in [1.82, 2.24) is 0 Å². The van der Waals surface area contributed by atoms with Gasteiger partial charge in [0.2, 0.25) is 0 Å². The number of carboxylic acids is 1. The average molecular weight is 268 g/mol. The maximum Gasteiger partial charge on any atom is 0.330 e. The molecule has 0 aromatic rings. The Balaban J connectivity index is 2.36. The molecule has 1 rings (SSSR count). The van der Waals surface area contributed by atoms with Crippen LogP contribution in [0.5, 0.6) is 0 Å². The second-order valence-corrected chi connectivity index (χ2v) is 4.78. The molecule has 1 aliphatic carbocycles. The number of esters is 1. The Morgan fingerprint density at radius 1 is 1.21 bits per heavy atom. The van der Waals surface area contributed by atoms with Gasteiger partial charge in [0.15, 0.2) is 0 Å². The van der Waals surface area contributed by atoms with Crippen LogP contribution in [0.25, 0.3) is 0 Å². The topological polar surface area (TPSA) is 80.7 Å². The molecule has 5 nitrogen and oxygen atoms in total. The van der Waals surface area contributed by atoms with Crippen LogP contribution in [0, 0.1) is 11.8 Å². The minimum Gasteiger partial charge on any atom is -0.481 e. The van der Waals surface area contributed by atoms with Crippen LogP contribution in [0.2, 0.25) is 0 Å². The van der Waals surface area contributed by atoms with E-state index in [1.165, 1.54) is 0 Å². The molecule has 0 bridgehead atoms. The van der Waals surface area contributed by atoms with Crippen LogP contribution in [-0.2, 0) is 19.1 Å². The Kier molecular flexibility index (Phi) is 6.25. The number of carbonyl (C=O) groups is 3. The van der Waals surface area contributed by atoms with E-state index in [9.17, 15) is 14.4 Å². The lowest BCUT2D eigenvalue weighted by Gasteiger charge is -2.27. The molecular formula is C14H20O5. The molecule has 1 saturated carbocycles. The normalized spacial score (nSPS) is 22.5. The molecular weight excluding hydrogens is 248 g/mol. The molecule has 0 amide bonds. The summed E-state index contributed by atoms with van der Waals surface area (Å²) in [5, 5.41) is 9.10. The third-order valence-electron chi connectivity index (χ3n) is 3.48. The van der Waals surface area contributed by atoms with Crippen LogP contribution < -0.4 is 0 Å². The lowest BCUT2D eigenvalue weighted by atomic mass is 9.76. The number of carboxylic acid groups (broad SMARTS) is 1. The maximum absolute atomic E-state index is 12.0. The van der Waals surface area contributed by atoms with E-state index in [2.05, 4.69) is 6.58 Å². The molecule has 0 aromatic heterocycles. The van der Waals surface area contributed by atoms with Crippen molar-refractivity contribution in [3.05, 3.63) is 12.7 Å². The molecule has 2 atom stereocenters. The molecule has 0 spiro atoms. The fraction of sp³-hybridized carbons (Fsp3) is 0.643. The number of hydrogen-bond acceptors (Lipinski definition) is 4. The standard InChI is InChI=1S/C14H20O5/c1-2-13(16)19-9-5-8-12(15)10-6-3-4-7-11(10)14(17)18/h2,10-11H,1,3-9H2,(H,17,18).